The standard InChI is InChI=1S/C17H15F3N4O2/c1-10-5-13(8-24(10)9-21)23-15(25)16-22-7-14(26-16)11-3-2-4-12(6-11)17(18,19)20/h2-4,6-7,10,13H,5,8H2,1H3,(H,23,25). The number of hydrogen-bond donors (Lipinski definition) is 1. The molecule has 0 bridgehead atoms. The quantitative estimate of drug-likeness (QED) is 0.847. The molecule has 26 heavy (non-hydrogen) atoms. The normalized spacial score (nSPS) is 20.0. The number of amides is 1. The summed E-state index contributed by atoms with van der Waals surface area (Å²) in [5.41, 5.74) is -0.634. The van der Waals surface area contributed by atoms with Gasteiger partial charge in [0.15, 0.2) is 12.0 Å². The number of nitrogens with one attached hydrogen (secondary N) is 1. The lowest BCUT2D eigenvalue weighted by Gasteiger charge is -2.11. The van der Waals surface area contributed by atoms with Gasteiger partial charge in [-0.3, -0.25) is 4.79 Å². The van der Waals surface area contributed by atoms with Crippen molar-refractivity contribution in [1.82, 2.24) is 15.2 Å². The van der Waals surface area contributed by atoms with Gasteiger partial charge >= 0.3 is 12.1 Å². The maximum absolute atomic E-state index is 12.8. The molecule has 136 valence electrons. The highest BCUT2D eigenvalue weighted by Crippen LogP contribution is 2.32. The third-order valence-electron chi connectivity index (χ3n) is 4.21. The third-order valence-corrected chi connectivity index (χ3v) is 4.21. The molecule has 9 heteroatoms. The smallest absolute Gasteiger partial charge is 0.416 e. The van der Waals surface area contributed by atoms with Crippen molar-refractivity contribution >= 4 is 5.91 Å². The van der Waals surface area contributed by atoms with Crippen LogP contribution < -0.4 is 5.32 Å². The maximum Gasteiger partial charge on any atom is 0.416 e. The first kappa shape index (κ1) is 17.8. The van der Waals surface area contributed by atoms with Crippen molar-refractivity contribution in [3.63, 3.8) is 0 Å². The van der Waals surface area contributed by atoms with Gasteiger partial charge in [-0.1, -0.05) is 12.1 Å². The fraction of sp³-hybridized carbons (Fsp3) is 0.353. The summed E-state index contributed by atoms with van der Waals surface area (Å²) < 4.78 is 43.7. The number of carbonyl (C=O) groups is 1. The molecule has 1 fully saturated rings. The Labute approximate surface area is 147 Å². The van der Waals surface area contributed by atoms with Crippen LogP contribution in [0.5, 0.6) is 0 Å². The Balaban J connectivity index is 1.72. The van der Waals surface area contributed by atoms with Crippen LogP contribution in [0.1, 0.15) is 29.6 Å². The highest BCUT2D eigenvalue weighted by molar-refractivity contribution is 5.90. The summed E-state index contributed by atoms with van der Waals surface area (Å²) in [5.74, 6) is -0.736. The molecule has 2 atom stereocenters. The fourth-order valence-electron chi connectivity index (χ4n) is 2.88. The first-order valence-electron chi connectivity index (χ1n) is 7.88. The Kier molecular flexibility index (Phi) is 4.59. The van der Waals surface area contributed by atoms with Crippen LogP contribution in [0.4, 0.5) is 13.2 Å². The van der Waals surface area contributed by atoms with Gasteiger partial charge in [0.2, 0.25) is 0 Å². The second kappa shape index (κ2) is 6.71. The van der Waals surface area contributed by atoms with Crippen molar-refractivity contribution in [2.75, 3.05) is 6.54 Å². The molecular formula is C17H15F3N4O2. The molecule has 6 nitrogen and oxygen atoms in total. The number of rotatable bonds is 3. The van der Waals surface area contributed by atoms with Crippen molar-refractivity contribution < 1.29 is 22.4 Å². The van der Waals surface area contributed by atoms with Crippen LogP contribution in [0, 0.1) is 11.5 Å². The van der Waals surface area contributed by atoms with E-state index in [-0.39, 0.29) is 29.3 Å². The highest BCUT2D eigenvalue weighted by atomic mass is 19.4. The van der Waals surface area contributed by atoms with E-state index in [1.807, 2.05) is 6.92 Å². The minimum atomic E-state index is -4.47. The van der Waals surface area contributed by atoms with Gasteiger partial charge < -0.3 is 14.6 Å². The molecule has 1 aromatic heterocycles. The molecule has 1 aromatic carbocycles. The summed E-state index contributed by atoms with van der Waals surface area (Å²) in [7, 11) is 0. The van der Waals surface area contributed by atoms with Crippen LogP contribution >= 0.6 is 0 Å². The van der Waals surface area contributed by atoms with Crippen LogP contribution in [0.2, 0.25) is 0 Å². The number of carbonyl (C=O) groups excluding carboxylic acids is 1. The molecule has 2 unspecified atom stereocenters. The second-order valence-electron chi connectivity index (χ2n) is 6.12. The number of aromatic nitrogens is 1. The number of nitrogens with zero attached hydrogens (tertiary/aromatic N) is 3. The number of hydrogen-bond acceptors (Lipinski definition) is 5. The fourth-order valence-corrected chi connectivity index (χ4v) is 2.88. The Hall–Kier alpha value is -3.02. The van der Waals surface area contributed by atoms with E-state index in [2.05, 4.69) is 16.5 Å². The number of oxazole rings is 1. The van der Waals surface area contributed by atoms with Gasteiger partial charge in [-0.25, -0.2) is 4.98 Å². The summed E-state index contributed by atoms with van der Waals surface area (Å²) in [4.78, 5) is 17.6. The summed E-state index contributed by atoms with van der Waals surface area (Å²) in [6.07, 6.45) is -0.596. The van der Waals surface area contributed by atoms with Gasteiger partial charge in [-0.15, -0.1) is 0 Å². The van der Waals surface area contributed by atoms with E-state index >= 15 is 0 Å². The molecule has 0 saturated carbocycles. The number of benzene rings is 1. The first-order valence-corrected chi connectivity index (χ1v) is 7.88. The van der Waals surface area contributed by atoms with Crippen LogP contribution in [0.25, 0.3) is 11.3 Å². The molecule has 3 rings (SSSR count). The summed E-state index contributed by atoms with van der Waals surface area (Å²) in [6.45, 7) is 2.27. The zero-order valence-electron chi connectivity index (χ0n) is 13.7. The van der Waals surface area contributed by atoms with Gasteiger partial charge in [0, 0.05) is 24.2 Å². The summed E-state index contributed by atoms with van der Waals surface area (Å²) >= 11 is 0. The van der Waals surface area contributed by atoms with Gasteiger partial charge in [0.25, 0.3) is 5.89 Å². The Morgan fingerprint density at radius 2 is 2.23 bits per heavy atom. The highest BCUT2D eigenvalue weighted by Gasteiger charge is 2.32. The molecule has 0 radical (unpaired) electrons. The second-order valence-corrected chi connectivity index (χ2v) is 6.12. The van der Waals surface area contributed by atoms with E-state index in [0.29, 0.717) is 13.0 Å². The van der Waals surface area contributed by atoms with Crippen LogP contribution in [0.3, 0.4) is 0 Å². The monoisotopic (exact) mass is 364 g/mol. The van der Waals surface area contributed by atoms with Gasteiger partial charge in [-0.05, 0) is 25.5 Å². The lowest BCUT2D eigenvalue weighted by Crippen LogP contribution is -2.36. The number of likely N-dealkylation sites (tertiary alicyclic amines) is 1. The Bertz CT molecular complexity index is 856. The summed E-state index contributed by atoms with van der Waals surface area (Å²) in [5, 5.41) is 11.7. The predicted octanol–water partition coefficient (Wildman–Crippen LogP) is 3.03. The van der Waals surface area contributed by atoms with Gasteiger partial charge in [-0.2, -0.15) is 18.4 Å². The van der Waals surface area contributed by atoms with Crippen molar-refractivity contribution in [2.24, 2.45) is 0 Å². The molecule has 1 amide bonds. The van der Waals surface area contributed by atoms with Crippen LogP contribution in [0.15, 0.2) is 34.9 Å². The summed E-state index contributed by atoms with van der Waals surface area (Å²) in [6, 6.07) is 4.40. The average molecular weight is 364 g/mol. The number of alkyl halides is 3. The lowest BCUT2D eigenvalue weighted by atomic mass is 10.1. The largest absolute Gasteiger partial charge is 0.432 e. The number of halogens is 3. The molecule has 0 spiro atoms. The third kappa shape index (κ3) is 3.64. The zero-order chi connectivity index (χ0) is 18.9. The first-order chi connectivity index (χ1) is 12.3. The molecule has 1 aliphatic rings. The molecule has 1 saturated heterocycles. The van der Waals surface area contributed by atoms with E-state index in [4.69, 9.17) is 9.68 Å². The van der Waals surface area contributed by atoms with Gasteiger partial charge in [0.1, 0.15) is 0 Å². The van der Waals surface area contributed by atoms with Crippen LogP contribution in [-0.4, -0.2) is 34.4 Å². The predicted molar refractivity (Wildman–Crippen MR) is 84.6 cm³/mol. The zero-order valence-corrected chi connectivity index (χ0v) is 13.7. The van der Waals surface area contributed by atoms with E-state index < -0.39 is 17.6 Å². The van der Waals surface area contributed by atoms with Crippen molar-refractivity contribution in [1.29, 1.82) is 5.26 Å². The maximum atomic E-state index is 12.8. The minimum absolute atomic E-state index is 0.0236. The minimum Gasteiger partial charge on any atom is -0.432 e. The van der Waals surface area contributed by atoms with Crippen molar-refractivity contribution in [3.05, 3.63) is 41.9 Å². The van der Waals surface area contributed by atoms with Crippen LogP contribution in [-0.2, 0) is 6.18 Å². The molecule has 2 aromatic rings. The molecule has 1 N–H and O–H groups in total. The number of nitriles is 1. The molecule has 1 aliphatic heterocycles. The molecular weight excluding hydrogens is 349 g/mol. The topological polar surface area (TPSA) is 82.2 Å². The Morgan fingerprint density at radius 3 is 2.88 bits per heavy atom. The van der Waals surface area contributed by atoms with E-state index in [0.717, 1.165) is 12.1 Å². The molecule has 0 aliphatic carbocycles. The molecule has 2 heterocycles. The van der Waals surface area contributed by atoms with Crippen molar-refractivity contribution in [2.45, 2.75) is 31.6 Å². The SMILES string of the molecule is CC1CC(NC(=O)c2ncc(-c3cccc(C(F)(F)F)c3)o2)CN1C#N. The van der Waals surface area contributed by atoms with E-state index in [1.54, 1.807) is 4.90 Å². The average Bonchev–Trinajstić information content (AvgIpc) is 3.21. The van der Waals surface area contributed by atoms with E-state index in [9.17, 15) is 18.0 Å². The van der Waals surface area contributed by atoms with Gasteiger partial charge in [0.05, 0.1) is 11.8 Å². The van der Waals surface area contributed by atoms with Crippen molar-refractivity contribution in [3.8, 4) is 17.5 Å². The van der Waals surface area contributed by atoms with E-state index in [1.165, 1.54) is 18.3 Å². The Morgan fingerprint density at radius 1 is 1.46 bits per heavy atom. The lowest BCUT2D eigenvalue weighted by molar-refractivity contribution is -0.137.